The minimum atomic E-state index is -0.905. The third kappa shape index (κ3) is 2.44. The van der Waals surface area contributed by atoms with Gasteiger partial charge in [-0.25, -0.2) is 4.79 Å². The fourth-order valence-electron chi connectivity index (χ4n) is 2.95. The molecule has 6 heteroatoms. The Morgan fingerprint density at radius 2 is 2.05 bits per heavy atom. The summed E-state index contributed by atoms with van der Waals surface area (Å²) in [5, 5.41) is 9.37. The molecule has 0 bridgehead atoms. The third-order valence-corrected chi connectivity index (χ3v) is 6.72. The van der Waals surface area contributed by atoms with Gasteiger partial charge in [-0.3, -0.25) is 4.79 Å². The summed E-state index contributed by atoms with van der Waals surface area (Å²) in [6, 6.07) is 9.26. The van der Waals surface area contributed by atoms with Crippen LogP contribution in [0.25, 0.3) is 0 Å². The summed E-state index contributed by atoms with van der Waals surface area (Å²) < 4.78 is -0.432. The summed E-state index contributed by atoms with van der Waals surface area (Å²) >= 11 is 3.27. The van der Waals surface area contributed by atoms with Crippen molar-refractivity contribution < 1.29 is 14.7 Å². The molecule has 2 heterocycles. The molecule has 2 aliphatic rings. The summed E-state index contributed by atoms with van der Waals surface area (Å²) in [5.41, 5.74) is 0. The van der Waals surface area contributed by atoms with Crippen LogP contribution in [0.1, 0.15) is 13.8 Å². The van der Waals surface area contributed by atoms with Crippen molar-refractivity contribution in [1.29, 1.82) is 0 Å². The summed E-state index contributed by atoms with van der Waals surface area (Å²) in [5.74, 6) is -0.297. The number of benzene rings is 1. The highest BCUT2D eigenvalue weighted by atomic mass is 32.2. The SMILES string of the molecule is CC1(C)S[C@@H]2[C@H](CSc3ccccc3)C(=O)N2[C@H]1C(=O)O. The van der Waals surface area contributed by atoms with Crippen molar-refractivity contribution >= 4 is 35.4 Å². The van der Waals surface area contributed by atoms with Gasteiger partial charge in [0, 0.05) is 15.4 Å². The van der Waals surface area contributed by atoms with E-state index in [2.05, 4.69) is 0 Å². The van der Waals surface area contributed by atoms with E-state index in [-0.39, 0.29) is 17.2 Å². The number of carboxylic acid groups (broad SMARTS) is 1. The number of fused-ring (bicyclic) bond motifs is 1. The van der Waals surface area contributed by atoms with Crippen LogP contribution < -0.4 is 0 Å². The molecular formula is C15H17NO3S2. The fraction of sp³-hybridized carbons (Fsp3) is 0.467. The molecular weight excluding hydrogens is 306 g/mol. The highest BCUT2D eigenvalue weighted by molar-refractivity contribution is 8.02. The molecule has 2 fully saturated rings. The first-order chi connectivity index (χ1) is 9.92. The molecule has 1 aromatic rings. The van der Waals surface area contributed by atoms with E-state index in [1.165, 1.54) is 0 Å². The zero-order valence-electron chi connectivity index (χ0n) is 11.9. The Kier molecular flexibility index (Phi) is 3.69. The van der Waals surface area contributed by atoms with E-state index in [0.717, 1.165) is 4.90 Å². The number of aliphatic carboxylic acids is 1. The van der Waals surface area contributed by atoms with Gasteiger partial charge in [-0.1, -0.05) is 18.2 Å². The van der Waals surface area contributed by atoms with Crippen LogP contribution in [-0.2, 0) is 9.59 Å². The second kappa shape index (κ2) is 5.25. The first-order valence-corrected chi connectivity index (χ1v) is 8.69. The average molecular weight is 323 g/mol. The summed E-state index contributed by atoms with van der Waals surface area (Å²) in [4.78, 5) is 26.4. The lowest BCUT2D eigenvalue weighted by atomic mass is 9.93. The molecule has 1 aromatic carbocycles. The van der Waals surface area contributed by atoms with E-state index in [1.807, 2.05) is 44.2 Å². The maximum absolute atomic E-state index is 12.3. The summed E-state index contributed by atoms with van der Waals surface area (Å²) in [6.07, 6.45) is 0. The van der Waals surface area contributed by atoms with Crippen molar-refractivity contribution in [3.63, 3.8) is 0 Å². The van der Waals surface area contributed by atoms with E-state index in [9.17, 15) is 14.7 Å². The quantitative estimate of drug-likeness (QED) is 0.682. The van der Waals surface area contributed by atoms with Crippen molar-refractivity contribution in [3.8, 4) is 0 Å². The van der Waals surface area contributed by atoms with Crippen molar-refractivity contribution in [1.82, 2.24) is 4.90 Å². The lowest BCUT2D eigenvalue weighted by Gasteiger charge is -2.43. The Hall–Kier alpha value is -1.14. The molecule has 21 heavy (non-hydrogen) atoms. The second-order valence-corrected chi connectivity index (χ2v) is 8.69. The highest BCUT2D eigenvalue weighted by Crippen LogP contribution is 2.54. The number of nitrogens with zero attached hydrogens (tertiary/aromatic N) is 1. The van der Waals surface area contributed by atoms with Gasteiger partial charge in [-0.05, 0) is 26.0 Å². The largest absolute Gasteiger partial charge is 0.480 e. The van der Waals surface area contributed by atoms with Gasteiger partial charge in [0.2, 0.25) is 5.91 Å². The maximum Gasteiger partial charge on any atom is 0.327 e. The van der Waals surface area contributed by atoms with Crippen molar-refractivity contribution in [2.75, 3.05) is 5.75 Å². The summed E-state index contributed by atoms with van der Waals surface area (Å²) in [6.45, 7) is 3.81. The van der Waals surface area contributed by atoms with Crippen LogP contribution in [0, 0.1) is 5.92 Å². The molecule has 0 spiro atoms. The van der Waals surface area contributed by atoms with Crippen LogP contribution in [0.4, 0.5) is 0 Å². The minimum absolute atomic E-state index is 0.00446. The lowest BCUT2D eigenvalue weighted by Crippen LogP contribution is -2.63. The van der Waals surface area contributed by atoms with Crippen LogP contribution in [0.15, 0.2) is 35.2 Å². The van der Waals surface area contributed by atoms with Crippen LogP contribution in [0.5, 0.6) is 0 Å². The number of hydrogen-bond donors (Lipinski definition) is 1. The molecule has 4 nitrogen and oxygen atoms in total. The predicted octanol–water partition coefficient (Wildman–Crippen LogP) is 2.54. The van der Waals surface area contributed by atoms with Crippen LogP contribution in [0.2, 0.25) is 0 Å². The molecule has 0 aromatic heterocycles. The van der Waals surface area contributed by atoms with E-state index in [0.29, 0.717) is 5.75 Å². The maximum atomic E-state index is 12.3. The number of carboxylic acids is 1. The van der Waals surface area contributed by atoms with Gasteiger partial charge in [0.15, 0.2) is 0 Å². The average Bonchev–Trinajstić information content (AvgIpc) is 2.69. The Morgan fingerprint density at radius 1 is 1.38 bits per heavy atom. The molecule has 0 radical (unpaired) electrons. The molecule has 1 amide bonds. The first-order valence-electron chi connectivity index (χ1n) is 6.82. The van der Waals surface area contributed by atoms with Gasteiger partial charge >= 0.3 is 5.97 Å². The number of thioether (sulfide) groups is 2. The first kappa shape index (κ1) is 14.8. The highest BCUT2D eigenvalue weighted by Gasteiger charge is 2.63. The Labute approximate surface area is 132 Å². The number of β-lactam (4-membered cyclic amide) rings is 1. The normalized spacial score (nSPS) is 29.9. The fourth-order valence-corrected chi connectivity index (χ4v) is 5.80. The number of amides is 1. The van der Waals surface area contributed by atoms with Crippen LogP contribution in [-0.4, -0.2) is 43.8 Å². The molecule has 3 rings (SSSR count). The monoisotopic (exact) mass is 323 g/mol. The van der Waals surface area contributed by atoms with Gasteiger partial charge in [0.25, 0.3) is 0 Å². The smallest absolute Gasteiger partial charge is 0.327 e. The molecule has 3 atom stereocenters. The van der Waals surface area contributed by atoms with Gasteiger partial charge in [-0.2, -0.15) is 0 Å². The molecule has 0 unspecified atom stereocenters. The number of rotatable bonds is 4. The topological polar surface area (TPSA) is 57.6 Å². The van der Waals surface area contributed by atoms with Crippen LogP contribution in [0.3, 0.4) is 0 Å². The molecule has 0 aliphatic carbocycles. The number of hydrogen-bond acceptors (Lipinski definition) is 4. The molecule has 1 N–H and O–H groups in total. The predicted molar refractivity (Wildman–Crippen MR) is 84.4 cm³/mol. The van der Waals surface area contributed by atoms with Crippen molar-refractivity contribution in [2.24, 2.45) is 5.92 Å². The van der Waals surface area contributed by atoms with Gasteiger partial charge in [-0.15, -0.1) is 23.5 Å². The zero-order valence-corrected chi connectivity index (χ0v) is 13.5. The molecule has 2 saturated heterocycles. The van der Waals surface area contributed by atoms with Crippen LogP contribution >= 0.6 is 23.5 Å². The number of carbonyl (C=O) groups excluding carboxylic acids is 1. The third-order valence-electron chi connectivity index (χ3n) is 3.96. The Balaban J connectivity index is 1.69. The molecule has 112 valence electrons. The van der Waals surface area contributed by atoms with Gasteiger partial charge in [0.1, 0.15) is 6.04 Å². The zero-order chi connectivity index (χ0) is 15.2. The Morgan fingerprint density at radius 3 is 2.67 bits per heavy atom. The second-order valence-electron chi connectivity index (χ2n) is 5.83. The van der Waals surface area contributed by atoms with Crippen molar-refractivity contribution in [3.05, 3.63) is 30.3 Å². The molecule has 2 aliphatic heterocycles. The van der Waals surface area contributed by atoms with E-state index in [4.69, 9.17) is 0 Å². The Bertz CT molecular complexity index is 576. The van der Waals surface area contributed by atoms with E-state index < -0.39 is 16.8 Å². The molecule has 0 saturated carbocycles. The number of carbonyl (C=O) groups is 2. The van der Waals surface area contributed by atoms with E-state index >= 15 is 0 Å². The summed E-state index contributed by atoms with van der Waals surface area (Å²) in [7, 11) is 0. The van der Waals surface area contributed by atoms with E-state index in [1.54, 1.807) is 28.4 Å². The van der Waals surface area contributed by atoms with Gasteiger partial charge < -0.3 is 10.0 Å². The minimum Gasteiger partial charge on any atom is -0.480 e. The van der Waals surface area contributed by atoms with Gasteiger partial charge in [0.05, 0.1) is 11.3 Å². The standard InChI is InChI=1S/C15H17NO3S2/c1-15(2)11(14(18)19)16-12(17)10(13(16)21-15)8-20-9-6-4-3-5-7-9/h3-7,10-11,13H,8H2,1-2H3,(H,18,19)/t10-,11+,13-/m1/s1. The van der Waals surface area contributed by atoms with Crippen molar-refractivity contribution in [2.45, 2.75) is 34.9 Å². The lowest BCUT2D eigenvalue weighted by molar-refractivity contribution is -0.162.